The van der Waals surface area contributed by atoms with E-state index in [1.165, 1.54) is 24.3 Å². The van der Waals surface area contributed by atoms with Gasteiger partial charge in [0.25, 0.3) is 0 Å². The fourth-order valence-electron chi connectivity index (χ4n) is 1.80. The van der Waals surface area contributed by atoms with Crippen molar-refractivity contribution in [1.29, 1.82) is 0 Å². The van der Waals surface area contributed by atoms with Gasteiger partial charge < -0.3 is 5.32 Å². The Hall–Kier alpha value is -0.980. The predicted octanol–water partition coefficient (Wildman–Crippen LogP) is 0.462. The number of sulfone groups is 1. The Morgan fingerprint density at radius 2 is 1.76 bits per heavy atom. The highest BCUT2D eigenvalue weighted by Crippen LogP contribution is 2.13. The first kappa shape index (κ1) is 12.5. The van der Waals surface area contributed by atoms with Crippen LogP contribution >= 0.6 is 0 Å². The Morgan fingerprint density at radius 3 is 2.35 bits per heavy atom. The van der Waals surface area contributed by atoms with Gasteiger partial charge in [0.1, 0.15) is 11.7 Å². The van der Waals surface area contributed by atoms with E-state index >= 15 is 0 Å². The molecule has 1 aliphatic rings. The van der Waals surface area contributed by atoms with E-state index in [9.17, 15) is 12.8 Å². The van der Waals surface area contributed by atoms with Crippen LogP contribution in [0.5, 0.6) is 0 Å². The highest BCUT2D eigenvalue weighted by molar-refractivity contribution is 7.91. The Labute approximate surface area is 100 Å². The van der Waals surface area contributed by atoms with Crippen molar-refractivity contribution in [3.05, 3.63) is 30.1 Å². The average Bonchev–Trinajstić information content (AvgIpc) is 2.30. The lowest BCUT2D eigenvalue weighted by atomic mass is 10.4. The van der Waals surface area contributed by atoms with Gasteiger partial charge in [0.2, 0.25) is 0 Å². The van der Waals surface area contributed by atoms with Gasteiger partial charge in [0, 0.05) is 26.2 Å². The molecular weight excluding hydrogens is 243 g/mol. The number of hydrogen-bond acceptors (Lipinski definition) is 4. The summed E-state index contributed by atoms with van der Waals surface area (Å²) >= 11 is 0. The number of piperazine rings is 1. The molecule has 1 fully saturated rings. The molecule has 6 heteroatoms. The molecule has 0 amide bonds. The molecule has 0 bridgehead atoms. The van der Waals surface area contributed by atoms with Crippen LogP contribution in [0.4, 0.5) is 4.39 Å². The van der Waals surface area contributed by atoms with E-state index in [-0.39, 0.29) is 10.8 Å². The summed E-state index contributed by atoms with van der Waals surface area (Å²) in [5.41, 5.74) is 0. The maximum Gasteiger partial charge on any atom is 0.191 e. The van der Waals surface area contributed by atoms with Gasteiger partial charge in [-0.15, -0.1) is 0 Å². The third-order valence-corrected chi connectivity index (χ3v) is 4.43. The molecule has 17 heavy (non-hydrogen) atoms. The van der Waals surface area contributed by atoms with Crippen LogP contribution in [-0.4, -0.2) is 45.4 Å². The van der Waals surface area contributed by atoms with Crippen molar-refractivity contribution < 1.29 is 12.8 Å². The first-order valence-corrected chi connectivity index (χ1v) is 7.14. The van der Waals surface area contributed by atoms with Crippen LogP contribution in [0, 0.1) is 5.82 Å². The minimum Gasteiger partial charge on any atom is -0.314 e. The van der Waals surface area contributed by atoms with Crippen LogP contribution in [0.1, 0.15) is 0 Å². The first-order chi connectivity index (χ1) is 8.08. The fraction of sp³-hybridized carbons (Fsp3) is 0.455. The molecule has 1 aromatic rings. The molecule has 0 saturated carbocycles. The van der Waals surface area contributed by atoms with E-state index in [2.05, 4.69) is 5.32 Å². The summed E-state index contributed by atoms with van der Waals surface area (Å²) < 4.78 is 36.8. The van der Waals surface area contributed by atoms with E-state index in [4.69, 9.17) is 0 Å². The zero-order valence-corrected chi connectivity index (χ0v) is 10.2. The summed E-state index contributed by atoms with van der Waals surface area (Å²) in [5.74, 6) is -0.425. The standard InChI is InChI=1S/C11H15FN2O2S/c12-10-1-3-11(4-2-10)17(15,16)9-14-7-5-13-6-8-14/h1-4,13H,5-9H2. The second-order valence-electron chi connectivity index (χ2n) is 4.07. The predicted molar refractivity (Wildman–Crippen MR) is 62.9 cm³/mol. The third kappa shape index (κ3) is 3.24. The zero-order valence-electron chi connectivity index (χ0n) is 9.39. The number of rotatable bonds is 3. The van der Waals surface area contributed by atoms with Gasteiger partial charge in [-0.3, -0.25) is 4.90 Å². The SMILES string of the molecule is O=S(=O)(CN1CCNCC1)c1ccc(F)cc1. The highest BCUT2D eigenvalue weighted by Gasteiger charge is 2.20. The lowest BCUT2D eigenvalue weighted by Crippen LogP contribution is -2.45. The van der Waals surface area contributed by atoms with Crippen molar-refractivity contribution in [3.63, 3.8) is 0 Å². The molecule has 0 spiro atoms. The molecule has 1 saturated heterocycles. The number of nitrogens with zero attached hydrogens (tertiary/aromatic N) is 1. The second kappa shape index (κ2) is 5.12. The monoisotopic (exact) mass is 258 g/mol. The molecule has 0 aliphatic carbocycles. The van der Waals surface area contributed by atoms with Gasteiger partial charge in [-0.05, 0) is 24.3 Å². The molecular formula is C11H15FN2O2S. The van der Waals surface area contributed by atoms with E-state index in [0.717, 1.165) is 26.2 Å². The number of benzene rings is 1. The second-order valence-corrected chi connectivity index (χ2v) is 6.02. The van der Waals surface area contributed by atoms with E-state index < -0.39 is 15.7 Å². The van der Waals surface area contributed by atoms with Crippen LogP contribution in [0.3, 0.4) is 0 Å². The van der Waals surface area contributed by atoms with Crippen LogP contribution in [0.25, 0.3) is 0 Å². The normalized spacial score (nSPS) is 18.2. The Morgan fingerprint density at radius 1 is 1.18 bits per heavy atom. The summed E-state index contributed by atoms with van der Waals surface area (Å²) in [6, 6.07) is 4.97. The van der Waals surface area contributed by atoms with E-state index in [0.29, 0.717) is 0 Å². The van der Waals surface area contributed by atoms with Crippen LogP contribution < -0.4 is 5.32 Å². The van der Waals surface area contributed by atoms with Gasteiger partial charge in [-0.2, -0.15) is 0 Å². The Kier molecular flexibility index (Phi) is 3.76. The number of nitrogens with one attached hydrogen (secondary N) is 1. The molecule has 2 rings (SSSR count). The van der Waals surface area contributed by atoms with Crippen molar-refractivity contribution in [1.82, 2.24) is 10.2 Å². The number of halogens is 1. The van der Waals surface area contributed by atoms with Crippen LogP contribution in [-0.2, 0) is 9.84 Å². The molecule has 0 unspecified atom stereocenters. The van der Waals surface area contributed by atoms with Gasteiger partial charge in [0.15, 0.2) is 9.84 Å². The molecule has 1 aromatic carbocycles. The quantitative estimate of drug-likeness (QED) is 0.800. The van der Waals surface area contributed by atoms with Crippen molar-refractivity contribution >= 4 is 9.84 Å². The highest BCUT2D eigenvalue weighted by atomic mass is 32.2. The maximum atomic E-state index is 12.7. The largest absolute Gasteiger partial charge is 0.314 e. The Bertz CT molecular complexity index is 467. The summed E-state index contributed by atoms with van der Waals surface area (Å²) in [5, 5.41) is 3.16. The van der Waals surface area contributed by atoms with Gasteiger partial charge in [-0.25, -0.2) is 12.8 Å². The maximum absolute atomic E-state index is 12.7. The lowest BCUT2D eigenvalue weighted by Gasteiger charge is -2.26. The van der Waals surface area contributed by atoms with Crippen LogP contribution in [0.2, 0.25) is 0 Å². The summed E-state index contributed by atoms with van der Waals surface area (Å²) in [7, 11) is -3.35. The minimum atomic E-state index is -3.35. The van der Waals surface area contributed by atoms with Crippen LogP contribution in [0.15, 0.2) is 29.2 Å². The molecule has 4 nitrogen and oxygen atoms in total. The molecule has 0 radical (unpaired) electrons. The third-order valence-electron chi connectivity index (χ3n) is 2.73. The van der Waals surface area contributed by atoms with Crippen molar-refractivity contribution in [3.8, 4) is 0 Å². The van der Waals surface area contributed by atoms with Gasteiger partial charge in [0.05, 0.1) is 4.90 Å². The summed E-state index contributed by atoms with van der Waals surface area (Å²) in [4.78, 5) is 2.06. The summed E-state index contributed by atoms with van der Waals surface area (Å²) in [6.07, 6.45) is 0. The summed E-state index contributed by atoms with van der Waals surface area (Å²) in [6.45, 7) is 3.05. The lowest BCUT2D eigenvalue weighted by molar-refractivity contribution is 0.274. The van der Waals surface area contributed by atoms with Crippen molar-refractivity contribution in [2.24, 2.45) is 0 Å². The van der Waals surface area contributed by atoms with E-state index in [1.807, 2.05) is 4.90 Å². The van der Waals surface area contributed by atoms with Gasteiger partial charge in [-0.1, -0.05) is 0 Å². The molecule has 0 atom stereocenters. The molecule has 1 N–H and O–H groups in total. The van der Waals surface area contributed by atoms with Crippen molar-refractivity contribution in [2.45, 2.75) is 4.90 Å². The zero-order chi connectivity index (χ0) is 12.3. The Balaban J connectivity index is 2.10. The fourth-order valence-corrected chi connectivity index (χ4v) is 3.24. The van der Waals surface area contributed by atoms with E-state index in [1.54, 1.807) is 0 Å². The topological polar surface area (TPSA) is 49.4 Å². The molecule has 94 valence electrons. The average molecular weight is 258 g/mol. The molecule has 1 aliphatic heterocycles. The number of hydrogen-bond donors (Lipinski definition) is 1. The van der Waals surface area contributed by atoms with Crippen molar-refractivity contribution in [2.75, 3.05) is 32.1 Å². The first-order valence-electron chi connectivity index (χ1n) is 5.49. The molecule has 0 aromatic heterocycles. The minimum absolute atomic E-state index is 0.000310. The van der Waals surface area contributed by atoms with Gasteiger partial charge >= 0.3 is 0 Å². The smallest absolute Gasteiger partial charge is 0.191 e. The molecule has 1 heterocycles.